The molecule has 2 aromatic rings. The maximum Gasteiger partial charge on any atom is 0.322 e. The molecule has 4 nitrogen and oxygen atoms in total. The zero-order chi connectivity index (χ0) is 16.2. The van der Waals surface area contributed by atoms with Gasteiger partial charge in [0, 0.05) is 31.9 Å². The highest BCUT2D eigenvalue weighted by Gasteiger charge is 2.21. The fourth-order valence-electron chi connectivity index (χ4n) is 2.75. The van der Waals surface area contributed by atoms with Gasteiger partial charge in [-0.05, 0) is 36.8 Å². The van der Waals surface area contributed by atoms with Crippen molar-refractivity contribution >= 4 is 29.0 Å². The van der Waals surface area contributed by atoms with E-state index in [-0.39, 0.29) is 6.03 Å². The van der Waals surface area contributed by atoms with Gasteiger partial charge in [-0.25, -0.2) is 4.79 Å². The number of anilines is 2. The van der Waals surface area contributed by atoms with Crippen LogP contribution in [0.15, 0.2) is 48.5 Å². The third-order valence-corrected chi connectivity index (χ3v) is 4.38. The molecule has 2 aromatic carbocycles. The van der Waals surface area contributed by atoms with Crippen LogP contribution >= 0.6 is 11.6 Å². The minimum Gasteiger partial charge on any atom is -0.368 e. The third-order valence-electron chi connectivity index (χ3n) is 4.05. The van der Waals surface area contributed by atoms with Gasteiger partial charge in [0.1, 0.15) is 0 Å². The summed E-state index contributed by atoms with van der Waals surface area (Å²) in [4.78, 5) is 16.5. The first-order valence-electron chi connectivity index (χ1n) is 7.75. The van der Waals surface area contributed by atoms with Crippen molar-refractivity contribution in [2.24, 2.45) is 0 Å². The van der Waals surface area contributed by atoms with Gasteiger partial charge in [0.15, 0.2) is 0 Å². The van der Waals surface area contributed by atoms with E-state index in [9.17, 15) is 4.79 Å². The fraction of sp³-hybridized carbons (Fsp3) is 0.278. The number of para-hydroxylation sites is 1. The van der Waals surface area contributed by atoms with E-state index in [1.54, 1.807) is 6.07 Å². The van der Waals surface area contributed by atoms with Crippen LogP contribution in [-0.4, -0.2) is 37.1 Å². The van der Waals surface area contributed by atoms with Crippen molar-refractivity contribution in [1.82, 2.24) is 4.90 Å². The molecule has 0 aliphatic carbocycles. The number of piperazine rings is 1. The zero-order valence-electron chi connectivity index (χ0n) is 13.1. The normalized spacial score (nSPS) is 14.7. The number of amides is 2. The van der Waals surface area contributed by atoms with E-state index in [0.29, 0.717) is 23.8 Å². The second-order valence-electron chi connectivity index (χ2n) is 5.72. The molecule has 1 fully saturated rings. The zero-order valence-corrected chi connectivity index (χ0v) is 13.9. The molecule has 1 aliphatic rings. The summed E-state index contributed by atoms with van der Waals surface area (Å²) in [6.07, 6.45) is 0. The maximum atomic E-state index is 12.4. The first kappa shape index (κ1) is 15.7. The van der Waals surface area contributed by atoms with E-state index in [0.717, 1.165) is 13.1 Å². The molecular weight excluding hydrogens is 310 g/mol. The molecule has 0 bridgehead atoms. The Hall–Kier alpha value is -2.20. The van der Waals surface area contributed by atoms with Crippen LogP contribution in [0.3, 0.4) is 0 Å². The predicted octanol–water partition coefficient (Wildman–Crippen LogP) is 4.00. The first-order chi connectivity index (χ1) is 11.1. The van der Waals surface area contributed by atoms with Gasteiger partial charge in [0.2, 0.25) is 0 Å². The highest BCUT2D eigenvalue weighted by atomic mass is 35.5. The van der Waals surface area contributed by atoms with Gasteiger partial charge in [0.25, 0.3) is 0 Å². The molecule has 3 rings (SSSR count). The highest BCUT2D eigenvalue weighted by molar-refractivity contribution is 6.33. The summed E-state index contributed by atoms with van der Waals surface area (Å²) in [5, 5.41) is 3.44. The Morgan fingerprint density at radius 3 is 2.48 bits per heavy atom. The molecule has 1 aliphatic heterocycles. The largest absolute Gasteiger partial charge is 0.368 e. The Bertz CT molecular complexity index is 696. The van der Waals surface area contributed by atoms with Gasteiger partial charge in [0.05, 0.1) is 10.7 Å². The van der Waals surface area contributed by atoms with Crippen LogP contribution < -0.4 is 10.2 Å². The Kier molecular flexibility index (Phi) is 4.72. The number of carbonyl (C=O) groups excluding carboxylic acids is 1. The van der Waals surface area contributed by atoms with Crippen molar-refractivity contribution in [2.45, 2.75) is 6.92 Å². The second kappa shape index (κ2) is 6.92. The molecular formula is C18H20ClN3O. The fourth-order valence-corrected chi connectivity index (χ4v) is 2.93. The van der Waals surface area contributed by atoms with E-state index < -0.39 is 0 Å². The molecule has 0 atom stereocenters. The number of nitrogens with zero attached hydrogens (tertiary/aromatic N) is 2. The van der Waals surface area contributed by atoms with Crippen LogP contribution in [0, 0.1) is 6.92 Å². The van der Waals surface area contributed by atoms with E-state index in [2.05, 4.69) is 41.4 Å². The molecule has 0 aromatic heterocycles. The molecule has 0 radical (unpaired) electrons. The standard InChI is InChI=1S/C18H20ClN3O/c1-14-5-4-6-15(13-14)21-9-11-22(12-10-21)18(23)20-17-8-3-2-7-16(17)19/h2-8,13H,9-12H2,1H3,(H,20,23). The van der Waals surface area contributed by atoms with E-state index in [1.165, 1.54) is 11.3 Å². The van der Waals surface area contributed by atoms with Crippen LogP contribution in [0.25, 0.3) is 0 Å². The van der Waals surface area contributed by atoms with E-state index in [4.69, 9.17) is 11.6 Å². The van der Waals surface area contributed by atoms with Crippen LogP contribution in [0.1, 0.15) is 5.56 Å². The van der Waals surface area contributed by atoms with E-state index >= 15 is 0 Å². The lowest BCUT2D eigenvalue weighted by Gasteiger charge is -2.36. The number of benzene rings is 2. The van der Waals surface area contributed by atoms with Crippen LogP contribution in [0.4, 0.5) is 16.2 Å². The number of rotatable bonds is 2. The summed E-state index contributed by atoms with van der Waals surface area (Å²) in [7, 11) is 0. The van der Waals surface area contributed by atoms with Crippen molar-refractivity contribution in [3.8, 4) is 0 Å². The van der Waals surface area contributed by atoms with Gasteiger partial charge in [-0.15, -0.1) is 0 Å². The number of hydrogen-bond acceptors (Lipinski definition) is 2. The number of aryl methyl sites for hydroxylation is 1. The molecule has 0 spiro atoms. The summed E-state index contributed by atoms with van der Waals surface area (Å²) in [5.41, 5.74) is 3.12. The monoisotopic (exact) mass is 329 g/mol. The van der Waals surface area contributed by atoms with Crippen molar-refractivity contribution in [1.29, 1.82) is 0 Å². The second-order valence-corrected chi connectivity index (χ2v) is 6.13. The molecule has 1 saturated heterocycles. The van der Waals surface area contributed by atoms with Gasteiger partial charge >= 0.3 is 6.03 Å². The van der Waals surface area contributed by atoms with Crippen molar-refractivity contribution < 1.29 is 4.79 Å². The molecule has 23 heavy (non-hydrogen) atoms. The Labute approximate surface area is 141 Å². The molecule has 0 unspecified atom stereocenters. The molecule has 2 amide bonds. The van der Waals surface area contributed by atoms with E-state index in [1.807, 2.05) is 23.1 Å². The molecule has 0 saturated carbocycles. The number of urea groups is 1. The SMILES string of the molecule is Cc1cccc(N2CCN(C(=O)Nc3ccccc3Cl)CC2)c1. The quantitative estimate of drug-likeness (QED) is 0.903. The number of carbonyl (C=O) groups is 1. The number of halogens is 1. The average molecular weight is 330 g/mol. The Balaban J connectivity index is 1.58. The summed E-state index contributed by atoms with van der Waals surface area (Å²) in [6.45, 7) is 5.16. The van der Waals surface area contributed by atoms with Gasteiger partial charge in [-0.1, -0.05) is 35.9 Å². The Morgan fingerprint density at radius 1 is 1.04 bits per heavy atom. The van der Waals surface area contributed by atoms with Gasteiger partial charge < -0.3 is 15.1 Å². The third kappa shape index (κ3) is 3.77. The summed E-state index contributed by atoms with van der Waals surface area (Å²) >= 11 is 6.08. The highest BCUT2D eigenvalue weighted by Crippen LogP contribution is 2.22. The van der Waals surface area contributed by atoms with Crippen molar-refractivity contribution in [3.63, 3.8) is 0 Å². The Morgan fingerprint density at radius 2 is 1.78 bits per heavy atom. The van der Waals surface area contributed by atoms with Crippen molar-refractivity contribution in [2.75, 3.05) is 36.4 Å². The van der Waals surface area contributed by atoms with Gasteiger partial charge in [-0.3, -0.25) is 0 Å². The van der Waals surface area contributed by atoms with Crippen LogP contribution in [0.5, 0.6) is 0 Å². The lowest BCUT2D eigenvalue weighted by Crippen LogP contribution is -2.50. The molecule has 1 heterocycles. The maximum absolute atomic E-state index is 12.4. The number of nitrogens with one attached hydrogen (secondary N) is 1. The van der Waals surface area contributed by atoms with Crippen LogP contribution in [-0.2, 0) is 0 Å². The minimum atomic E-state index is -0.0954. The summed E-state index contributed by atoms with van der Waals surface area (Å²) < 4.78 is 0. The first-order valence-corrected chi connectivity index (χ1v) is 8.13. The molecule has 5 heteroatoms. The smallest absolute Gasteiger partial charge is 0.322 e. The lowest BCUT2D eigenvalue weighted by molar-refractivity contribution is 0.208. The molecule has 120 valence electrons. The molecule has 1 N–H and O–H groups in total. The average Bonchev–Trinajstić information content (AvgIpc) is 2.57. The predicted molar refractivity (Wildman–Crippen MR) is 95.4 cm³/mol. The van der Waals surface area contributed by atoms with Crippen molar-refractivity contribution in [3.05, 3.63) is 59.1 Å². The summed E-state index contributed by atoms with van der Waals surface area (Å²) in [5.74, 6) is 0. The summed E-state index contributed by atoms with van der Waals surface area (Å²) in [6, 6.07) is 15.7. The topological polar surface area (TPSA) is 35.6 Å². The minimum absolute atomic E-state index is 0.0954. The lowest BCUT2D eigenvalue weighted by atomic mass is 10.2. The number of hydrogen-bond donors (Lipinski definition) is 1. The van der Waals surface area contributed by atoms with Crippen LogP contribution in [0.2, 0.25) is 5.02 Å². The van der Waals surface area contributed by atoms with Gasteiger partial charge in [-0.2, -0.15) is 0 Å².